The molecule has 6 nitrogen and oxygen atoms in total. The molecule has 3 rings (SSSR count). The van der Waals surface area contributed by atoms with Crippen molar-refractivity contribution >= 4 is 0 Å². The second-order valence-corrected chi connectivity index (χ2v) is 5.54. The van der Waals surface area contributed by atoms with E-state index < -0.39 is 0 Å². The van der Waals surface area contributed by atoms with E-state index in [1.54, 1.807) is 12.7 Å². The van der Waals surface area contributed by atoms with Gasteiger partial charge in [0.05, 0.1) is 12.2 Å². The predicted molar refractivity (Wildman–Crippen MR) is 74.0 cm³/mol. The van der Waals surface area contributed by atoms with Gasteiger partial charge in [-0.3, -0.25) is 9.58 Å². The summed E-state index contributed by atoms with van der Waals surface area (Å²) in [4.78, 5) is 6.55. The van der Waals surface area contributed by atoms with Crippen molar-refractivity contribution in [2.45, 2.75) is 52.2 Å². The van der Waals surface area contributed by atoms with Crippen molar-refractivity contribution in [3.05, 3.63) is 29.7 Å². The second kappa shape index (κ2) is 5.75. The van der Waals surface area contributed by atoms with Gasteiger partial charge in [-0.05, 0) is 33.2 Å². The van der Waals surface area contributed by atoms with Crippen LogP contribution in [0.4, 0.5) is 0 Å². The molecule has 0 N–H and O–H groups in total. The zero-order valence-corrected chi connectivity index (χ0v) is 12.1. The number of piperidine rings is 1. The first kappa shape index (κ1) is 13.3. The molecule has 1 saturated heterocycles. The molecule has 0 spiro atoms. The fraction of sp³-hybridized carbons (Fsp3) is 0.643. The summed E-state index contributed by atoms with van der Waals surface area (Å²) in [5.74, 6) is 0.938. The maximum Gasteiger partial charge on any atom is 0.138 e. The van der Waals surface area contributed by atoms with E-state index in [1.807, 2.05) is 18.5 Å². The van der Waals surface area contributed by atoms with Gasteiger partial charge in [0.25, 0.3) is 0 Å². The Morgan fingerprint density at radius 3 is 2.95 bits per heavy atom. The van der Waals surface area contributed by atoms with Crippen molar-refractivity contribution in [1.82, 2.24) is 24.8 Å². The topological polar surface area (TPSA) is 60.0 Å². The molecule has 0 bridgehead atoms. The number of nitrogens with zero attached hydrogens (tertiary/aromatic N) is 5. The largest absolute Gasteiger partial charge is 0.361 e. The smallest absolute Gasteiger partial charge is 0.138 e. The van der Waals surface area contributed by atoms with Gasteiger partial charge in [0.15, 0.2) is 0 Å². The van der Waals surface area contributed by atoms with Crippen molar-refractivity contribution in [3.63, 3.8) is 0 Å². The Labute approximate surface area is 118 Å². The third-order valence-corrected chi connectivity index (χ3v) is 4.16. The minimum absolute atomic E-state index is 0.513. The normalized spacial score (nSPS) is 20.4. The molecule has 0 aromatic carbocycles. The van der Waals surface area contributed by atoms with Gasteiger partial charge in [0.2, 0.25) is 0 Å². The number of aryl methyl sites for hydroxylation is 2. The Hall–Kier alpha value is -1.69. The van der Waals surface area contributed by atoms with Gasteiger partial charge in [-0.1, -0.05) is 11.6 Å². The van der Waals surface area contributed by atoms with Gasteiger partial charge < -0.3 is 4.52 Å². The van der Waals surface area contributed by atoms with E-state index in [-0.39, 0.29) is 0 Å². The number of likely N-dealkylation sites (tertiary alicyclic amines) is 1. The molecule has 3 heterocycles. The highest BCUT2D eigenvalue weighted by molar-refractivity contribution is 5.20. The molecular weight excluding hydrogens is 254 g/mol. The van der Waals surface area contributed by atoms with Crippen LogP contribution < -0.4 is 0 Å². The summed E-state index contributed by atoms with van der Waals surface area (Å²) in [6, 6.07) is 0.513. The molecule has 0 radical (unpaired) electrons. The zero-order valence-electron chi connectivity index (χ0n) is 12.1. The molecule has 2 aromatic rings. The number of rotatable bonds is 4. The first-order valence-electron chi connectivity index (χ1n) is 7.22. The molecule has 1 aliphatic rings. The Morgan fingerprint density at radius 1 is 1.35 bits per heavy atom. The predicted octanol–water partition coefficient (Wildman–Crippen LogP) is 1.94. The lowest BCUT2D eigenvalue weighted by atomic mass is 10.0. The molecule has 0 saturated carbocycles. The van der Waals surface area contributed by atoms with Crippen LogP contribution in [0.15, 0.2) is 17.2 Å². The van der Waals surface area contributed by atoms with Gasteiger partial charge in [-0.15, -0.1) is 0 Å². The van der Waals surface area contributed by atoms with Gasteiger partial charge in [-0.25, -0.2) is 4.98 Å². The SMILES string of the molecule is Cc1noc(C)c1CN1CCCCC1Cn1cncn1. The summed E-state index contributed by atoms with van der Waals surface area (Å²) >= 11 is 0. The summed E-state index contributed by atoms with van der Waals surface area (Å²) in [7, 11) is 0. The molecule has 20 heavy (non-hydrogen) atoms. The lowest BCUT2D eigenvalue weighted by Gasteiger charge is -2.35. The van der Waals surface area contributed by atoms with E-state index in [0.29, 0.717) is 6.04 Å². The fourth-order valence-corrected chi connectivity index (χ4v) is 2.95. The summed E-state index contributed by atoms with van der Waals surface area (Å²) < 4.78 is 7.20. The molecule has 1 fully saturated rings. The van der Waals surface area contributed by atoms with Gasteiger partial charge in [0, 0.05) is 18.2 Å². The van der Waals surface area contributed by atoms with Crippen LogP contribution in [0.5, 0.6) is 0 Å². The van der Waals surface area contributed by atoms with Crippen LogP contribution in [-0.4, -0.2) is 37.4 Å². The summed E-state index contributed by atoms with van der Waals surface area (Å²) in [5.41, 5.74) is 2.24. The molecule has 1 aliphatic heterocycles. The van der Waals surface area contributed by atoms with E-state index in [4.69, 9.17) is 4.52 Å². The average Bonchev–Trinajstić information content (AvgIpc) is 3.06. The van der Waals surface area contributed by atoms with Crippen LogP contribution in [0.2, 0.25) is 0 Å². The molecular formula is C14H21N5O. The van der Waals surface area contributed by atoms with Crippen molar-refractivity contribution in [1.29, 1.82) is 0 Å². The molecule has 108 valence electrons. The van der Waals surface area contributed by atoms with Crippen molar-refractivity contribution in [3.8, 4) is 0 Å². The van der Waals surface area contributed by atoms with Crippen molar-refractivity contribution < 1.29 is 4.52 Å². The Bertz CT molecular complexity index is 528. The summed E-state index contributed by atoms with van der Waals surface area (Å²) in [6.07, 6.45) is 7.15. The Morgan fingerprint density at radius 2 is 2.25 bits per heavy atom. The highest BCUT2D eigenvalue weighted by atomic mass is 16.5. The molecule has 2 aromatic heterocycles. The first-order valence-corrected chi connectivity index (χ1v) is 7.22. The standard InChI is InChI=1S/C14H21N5O/c1-11-14(12(2)20-17-11)8-18-6-4-3-5-13(18)7-19-10-15-9-16-19/h9-10,13H,3-8H2,1-2H3. The lowest BCUT2D eigenvalue weighted by Crippen LogP contribution is -2.41. The van der Waals surface area contributed by atoms with Gasteiger partial charge in [-0.2, -0.15) is 5.10 Å². The van der Waals surface area contributed by atoms with Gasteiger partial charge >= 0.3 is 0 Å². The molecule has 0 aliphatic carbocycles. The second-order valence-electron chi connectivity index (χ2n) is 5.54. The van der Waals surface area contributed by atoms with Crippen LogP contribution in [-0.2, 0) is 13.1 Å². The zero-order chi connectivity index (χ0) is 13.9. The highest BCUT2D eigenvalue weighted by Gasteiger charge is 2.25. The average molecular weight is 275 g/mol. The fourth-order valence-electron chi connectivity index (χ4n) is 2.95. The third-order valence-electron chi connectivity index (χ3n) is 4.16. The Kier molecular flexibility index (Phi) is 3.82. The monoisotopic (exact) mass is 275 g/mol. The van der Waals surface area contributed by atoms with Crippen molar-refractivity contribution in [2.75, 3.05) is 6.54 Å². The van der Waals surface area contributed by atoms with Crippen LogP contribution in [0.25, 0.3) is 0 Å². The molecule has 0 amide bonds. The van der Waals surface area contributed by atoms with Gasteiger partial charge in [0.1, 0.15) is 18.4 Å². The summed E-state index contributed by atoms with van der Waals surface area (Å²) in [6.45, 7) is 6.96. The maximum absolute atomic E-state index is 5.27. The first-order chi connectivity index (χ1) is 9.74. The Balaban J connectivity index is 1.72. The maximum atomic E-state index is 5.27. The lowest BCUT2D eigenvalue weighted by molar-refractivity contribution is 0.121. The minimum Gasteiger partial charge on any atom is -0.361 e. The molecule has 1 atom stereocenters. The molecule has 6 heteroatoms. The van der Waals surface area contributed by atoms with Crippen LogP contribution >= 0.6 is 0 Å². The summed E-state index contributed by atoms with van der Waals surface area (Å²) in [5, 5.41) is 8.28. The minimum atomic E-state index is 0.513. The van der Waals surface area contributed by atoms with E-state index in [0.717, 1.165) is 31.1 Å². The molecule has 1 unspecified atom stereocenters. The van der Waals surface area contributed by atoms with E-state index in [9.17, 15) is 0 Å². The number of hydrogen-bond acceptors (Lipinski definition) is 5. The van der Waals surface area contributed by atoms with Crippen LogP contribution in [0.1, 0.15) is 36.3 Å². The number of aromatic nitrogens is 4. The van der Waals surface area contributed by atoms with E-state index >= 15 is 0 Å². The highest BCUT2D eigenvalue weighted by Crippen LogP contribution is 2.23. The van der Waals surface area contributed by atoms with E-state index in [1.165, 1.54) is 24.8 Å². The van der Waals surface area contributed by atoms with Crippen LogP contribution in [0, 0.1) is 13.8 Å². The van der Waals surface area contributed by atoms with E-state index in [2.05, 4.69) is 20.1 Å². The van der Waals surface area contributed by atoms with Crippen molar-refractivity contribution in [2.24, 2.45) is 0 Å². The quantitative estimate of drug-likeness (QED) is 0.853. The third kappa shape index (κ3) is 2.75. The van der Waals surface area contributed by atoms with Crippen LogP contribution in [0.3, 0.4) is 0 Å². The number of hydrogen-bond donors (Lipinski definition) is 0.